The minimum Gasteiger partial charge on any atom is -0.397 e. The fourth-order valence-electron chi connectivity index (χ4n) is 2.28. The number of pyridine rings is 2. The summed E-state index contributed by atoms with van der Waals surface area (Å²) in [4.78, 5) is 19.4. The number of aldehydes is 1. The smallest absolute Gasteiger partial charge is 0.397 e. The molecule has 0 fully saturated rings. The molecule has 0 unspecified atom stereocenters. The molecule has 3 aromatic heterocycles. The number of carbonyl (C=O) groups excluding carboxylic acids is 1. The Morgan fingerprint density at radius 3 is 2.74 bits per heavy atom. The van der Waals surface area contributed by atoms with Crippen LogP contribution in [0.25, 0.3) is 21.5 Å². The molecule has 2 N–H and O–H groups in total. The van der Waals surface area contributed by atoms with Gasteiger partial charge in [-0.2, -0.15) is 13.2 Å². The number of rotatable bonds is 3. The van der Waals surface area contributed by atoms with Crippen molar-refractivity contribution in [3.8, 4) is 11.3 Å². The number of nitrogens with zero attached hydrogens (tertiary/aromatic N) is 2. The van der Waals surface area contributed by atoms with E-state index >= 15 is 0 Å². The van der Waals surface area contributed by atoms with E-state index in [2.05, 4.69) is 9.97 Å². The van der Waals surface area contributed by atoms with Crippen molar-refractivity contribution < 1.29 is 18.0 Å². The van der Waals surface area contributed by atoms with Gasteiger partial charge in [-0.1, -0.05) is 0 Å². The summed E-state index contributed by atoms with van der Waals surface area (Å²) in [6.07, 6.45) is -1.04. The van der Waals surface area contributed by atoms with Crippen LogP contribution in [0.2, 0.25) is 0 Å². The zero-order chi connectivity index (χ0) is 16.6. The van der Waals surface area contributed by atoms with Crippen molar-refractivity contribution in [2.45, 2.75) is 12.6 Å². The standard InChI is InChI=1S/C15H10F3N3OS/c16-15(17,18)9-6-10(8-2-1-4-20-7-8)21-14-12(9)13(19)11(23-14)3-5-22/h1-2,4-7H,3,19H2. The zero-order valence-corrected chi connectivity index (χ0v) is 12.4. The van der Waals surface area contributed by atoms with Crippen LogP contribution < -0.4 is 5.73 Å². The summed E-state index contributed by atoms with van der Waals surface area (Å²) in [5.74, 6) is 0. The zero-order valence-electron chi connectivity index (χ0n) is 11.6. The molecule has 118 valence electrons. The van der Waals surface area contributed by atoms with Crippen molar-refractivity contribution in [1.29, 1.82) is 0 Å². The van der Waals surface area contributed by atoms with Crippen LogP contribution in [0.4, 0.5) is 18.9 Å². The summed E-state index contributed by atoms with van der Waals surface area (Å²) < 4.78 is 40.3. The van der Waals surface area contributed by atoms with Crippen LogP contribution in [0, 0.1) is 0 Å². The van der Waals surface area contributed by atoms with Gasteiger partial charge in [-0.3, -0.25) is 4.98 Å². The van der Waals surface area contributed by atoms with Gasteiger partial charge in [0.15, 0.2) is 0 Å². The lowest BCUT2D eigenvalue weighted by Crippen LogP contribution is -2.07. The van der Waals surface area contributed by atoms with E-state index in [4.69, 9.17) is 5.73 Å². The predicted octanol–water partition coefficient (Wildman–Crippen LogP) is 3.70. The fourth-order valence-corrected chi connectivity index (χ4v) is 3.34. The number of fused-ring (bicyclic) bond motifs is 1. The summed E-state index contributed by atoms with van der Waals surface area (Å²) in [6.45, 7) is 0. The Hall–Kier alpha value is -2.48. The van der Waals surface area contributed by atoms with Gasteiger partial charge in [-0.25, -0.2) is 4.98 Å². The van der Waals surface area contributed by atoms with E-state index in [0.29, 0.717) is 16.7 Å². The van der Waals surface area contributed by atoms with E-state index in [1.807, 2.05) is 0 Å². The van der Waals surface area contributed by atoms with E-state index in [1.165, 1.54) is 12.4 Å². The molecule has 0 aromatic carbocycles. The molecule has 0 saturated carbocycles. The molecule has 8 heteroatoms. The number of alkyl halides is 3. The Morgan fingerprint density at radius 1 is 1.35 bits per heavy atom. The van der Waals surface area contributed by atoms with Gasteiger partial charge in [0.05, 0.1) is 16.9 Å². The maximum atomic E-state index is 13.4. The second kappa shape index (κ2) is 5.62. The number of nitrogens with two attached hydrogens (primary N) is 1. The third kappa shape index (κ3) is 2.77. The molecule has 4 nitrogen and oxygen atoms in total. The van der Waals surface area contributed by atoms with Crippen LogP contribution in [0.15, 0.2) is 30.6 Å². The number of hydrogen-bond acceptors (Lipinski definition) is 5. The third-order valence-corrected chi connectivity index (χ3v) is 4.43. The van der Waals surface area contributed by atoms with E-state index in [-0.39, 0.29) is 28.0 Å². The topological polar surface area (TPSA) is 68.9 Å². The molecule has 0 amide bonds. The highest BCUT2D eigenvalue weighted by Gasteiger charge is 2.35. The molecule has 0 saturated heterocycles. The number of carbonyl (C=O) groups is 1. The summed E-state index contributed by atoms with van der Waals surface area (Å²) >= 11 is 1.000. The van der Waals surface area contributed by atoms with Crippen molar-refractivity contribution >= 4 is 33.5 Å². The number of aromatic nitrogens is 2. The summed E-state index contributed by atoms with van der Waals surface area (Å²) in [6, 6.07) is 4.22. The fraction of sp³-hybridized carbons (Fsp3) is 0.133. The summed E-state index contributed by atoms with van der Waals surface area (Å²) in [5, 5.41) is -0.146. The highest BCUT2D eigenvalue weighted by Crippen LogP contribution is 2.43. The largest absolute Gasteiger partial charge is 0.417 e. The monoisotopic (exact) mass is 337 g/mol. The van der Waals surface area contributed by atoms with Gasteiger partial charge >= 0.3 is 6.18 Å². The van der Waals surface area contributed by atoms with Gasteiger partial charge < -0.3 is 10.5 Å². The van der Waals surface area contributed by atoms with Crippen molar-refractivity contribution in [2.75, 3.05) is 5.73 Å². The average Bonchev–Trinajstić information content (AvgIpc) is 2.83. The van der Waals surface area contributed by atoms with Crippen LogP contribution in [-0.2, 0) is 17.4 Å². The molecule has 0 atom stereocenters. The van der Waals surface area contributed by atoms with Crippen molar-refractivity contribution in [2.24, 2.45) is 0 Å². The van der Waals surface area contributed by atoms with Crippen LogP contribution >= 0.6 is 11.3 Å². The maximum absolute atomic E-state index is 13.4. The molecule has 0 spiro atoms. The number of thiophene rings is 1. The third-order valence-electron chi connectivity index (χ3n) is 3.31. The van der Waals surface area contributed by atoms with Gasteiger partial charge in [0.1, 0.15) is 11.1 Å². The first-order valence-corrected chi connectivity index (χ1v) is 7.36. The lowest BCUT2D eigenvalue weighted by atomic mass is 10.1. The highest BCUT2D eigenvalue weighted by molar-refractivity contribution is 7.19. The highest BCUT2D eigenvalue weighted by atomic mass is 32.1. The minimum absolute atomic E-state index is 0.0327. The number of anilines is 1. The van der Waals surface area contributed by atoms with Gasteiger partial charge in [0.25, 0.3) is 0 Å². The van der Waals surface area contributed by atoms with Crippen molar-refractivity contribution in [3.63, 3.8) is 0 Å². The quantitative estimate of drug-likeness (QED) is 0.740. The van der Waals surface area contributed by atoms with E-state index in [1.54, 1.807) is 12.1 Å². The van der Waals surface area contributed by atoms with Gasteiger partial charge in [0, 0.05) is 34.6 Å². The molecule has 0 aliphatic carbocycles. The van der Waals surface area contributed by atoms with Crippen molar-refractivity contribution in [3.05, 3.63) is 41.0 Å². The first-order valence-electron chi connectivity index (χ1n) is 6.55. The molecule has 3 heterocycles. The Morgan fingerprint density at radius 2 is 2.13 bits per heavy atom. The molecular weight excluding hydrogens is 327 g/mol. The Bertz CT molecular complexity index is 875. The van der Waals surface area contributed by atoms with Gasteiger partial charge in [-0.05, 0) is 18.2 Å². The Kier molecular flexibility index (Phi) is 3.77. The Balaban J connectivity index is 2.33. The van der Waals surface area contributed by atoms with Crippen LogP contribution in [-0.4, -0.2) is 16.3 Å². The van der Waals surface area contributed by atoms with Crippen LogP contribution in [0.1, 0.15) is 10.4 Å². The lowest BCUT2D eigenvalue weighted by Gasteiger charge is -2.11. The molecule has 3 aromatic rings. The molecular formula is C15H10F3N3OS. The summed E-state index contributed by atoms with van der Waals surface area (Å²) in [7, 11) is 0. The predicted molar refractivity (Wildman–Crippen MR) is 82.0 cm³/mol. The average molecular weight is 337 g/mol. The maximum Gasteiger partial charge on any atom is 0.417 e. The first-order chi connectivity index (χ1) is 10.9. The lowest BCUT2D eigenvalue weighted by molar-refractivity contribution is -0.136. The molecule has 0 bridgehead atoms. The number of hydrogen-bond donors (Lipinski definition) is 1. The molecule has 0 radical (unpaired) electrons. The SMILES string of the molecule is Nc1c(CC=O)sc2nc(-c3cccnc3)cc(C(F)(F)F)c12. The van der Waals surface area contributed by atoms with Crippen molar-refractivity contribution in [1.82, 2.24) is 9.97 Å². The molecule has 23 heavy (non-hydrogen) atoms. The molecule has 0 aliphatic rings. The summed E-state index contributed by atoms with van der Waals surface area (Å²) in [5.41, 5.74) is 5.56. The van der Waals surface area contributed by atoms with E-state index in [9.17, 15) is 18.0 Å². The minimum atomic E-state index is -4.58. The van der Waals surface area contributed by atoms with Crippen LogP contribution in [0.5, 0.6) is 0 Å². The van der Waals surface area contributed by atoms with Gasteiger partial charge in [-0.15, -0.1) is 11.3 Å². The number of halogens is 3. The van der Waals surface area contributed by atoms with E-state index in [0.717, 1.165) is 17.4 Å². The second-order valence-corrected chi connectivity index (χ2v) is 5.87. The normalized spacial score (nSPS) is 11.8. The Labute approximate surface area is 132 Å². The first kappa shape index (κ1) is 15.4. The second-order valence-electron chi connectivity index (χ2n) is 4.78. The van der Waals surface area contributed by atoms with Gasteiger partial charge in [0.2, 0.25) is 0 Å². The molecule has 0 aliphatic heterocycles. The number of nitrogen functional groups attached to an aromatic ring is 1. The van der Waals surface area contributed by atoms with Crippen LogP contribution in [0.3, 0.4) is 0 Å². The van der Waals surface area contributed by atoms with E-state index < -0.39 is 11.7 Å². The molecule has 3 rings (SSSR count).